The molecule has 25 heavy (non-hydrogen) atoms. The summed E-state index contributed by atoms with van der Waals surface area (Å²) < 4.78 is 5.26. The van der Waals surface area contributed by atoms with Crippen LogP contribution in [0.5, 0.6) is 0 Å². The smallest absolute Gasteiger partial charge is 0.338 e. The van der Waals surface area contributed by atoms with Crippen molar-refractivity contribution in [3.8, 4) is 6.07 Å². The van der Waals surface area contributed by atoms with Crippen molar-refractivity contribution in [1.29, 1.82) is 5.26 Å². The van der Waals surface area contributed by atoms with Crippen LogP contribution < -0.4 is 5.32 Å². The lowest BCUT2D eigenvalue weighted by Crippen LogP contribution is -2.45. The van der Waals surface area contributed by atoms with Gasteiger partial charge in [0.1, 0.15) is 0 Å². The Balaban J connectivity index is 1.51. The number of nitrogens with one attached hydrogen (secondary N) is 1. The Hall–Kier alpha value is -2.35. The van der Waals surface area contributed by atoms with E-state index in [1.807, 2.05) is 6.07 Å². The summed E-state index contributed by atoms with van der Waals surface area (Å²) in [5, 5.41) is 11.8. The van der Waals surface area contributed by atoms with Gasteiger partial charge in [-0.2, -0.15) is 5.26 Å². The summed E-state index contributed by atoms with van der Waals surface area (Å²) in [6.07, 6.45) is 4.27. The third-order valence-electron chi connectivity index (χ3n) is 5.71. The van der Waals surface area contributed by atoms with E-state index >= 15 is 0 Å². The largest absolute Gasteiger partial charge is 0.449 e. The predicted molar refractivity (Wildman–Crippen MR) is 92.6 cm³/mol. The molecule has 5 atom stereocenters. The Labute approximate surface area is 148 Å². The SMILES string of the molecule is C[C@H](OC(=O)c1ccc(C#N)cc1)C(=O)N[C@H](C)[C@H]1C[C@H]2CC[C@H]1C2. The second-order valence-electron chi connectivity index (χ2n) is 7.37. The molecule has 1 amide bonds. The lowest BCUT2D eigenvalue weighted by molar-refractivity contribution is -0.130. The molecule has 1 aromatic carbocycles. The highest BCUT2D eigenvalue weighted by Gasteiger charge is 2.42. The third kappa shape index (κ3) is 3.84. The van der Waals surface area contributed by atoms with Crippen LogP contribution in [0, 0.1) is 29.1 Å². The summed E-state index contributed by atoms with van der Waals surface area (Å²) in [6, 6.07) is 8.28. The Morgan fingerprint density at radius 2 is 1.92 bits per heavy atom. The summed E-state index contributed by atoms with van der Waals surface area (Å²) in [5.74, 6) is 1.30. The van der Waals surface area contributed by atoms with Gasteiger partial charge in [0.2, 0.25) is 0 Å². The zero-order valence-electron chi connectivity index (χ0n) is 14.7. The number of carbonyl (C=O) groups is 2. The third-order valence-corrected chi connectivity index (χ3v) is 5.71. The molecular formula is C20H24N2O3. The van der Waals surface area contributed by atoms with Gasteiger partial charge in [0.15, 0.2) is 6.10 Å². The molecule has 132 valence electrons. The van der Waals surface area contributed by atoms with Crippen molar-refractivity contribution in [3.05, 3.63) is 35.4 Å². The van der Waals surface area contributed by atoms with Crippen molar-refractivity contribution in [1.82, 2.24) is 5.32 Å². The maximum Gasteiger partial charge on any atom is 0.338 e. The van der Waals surface area contributed by atoms with E-state index in [4.69, 9.17) is 10.00 Å². The molecule has 2 aliphatic rings. The first-order valence-corrected chi connectivity index (χ1v) is 8.99. The molecule has 2 saturated carbocycles. The Kier molecular flexibility index (Phi) is 5.08. The first kappa shape index (κ1) is 17.5. The zero-order valence-corrected chi connectivity index (χ0v) is 14.7. The van der Waals surface area contributed by atoms with Crippen LogP contribution in [-0.2, 0) is 9.53 Å². The molecule has 0 unspecified atom stereocenters. The molecule has 2 bridgehead atoms. The molecule has 0 saturated heterocycles. The van der Waals surface area contributed by atoms with Crippen LogP contribution >= 0.6 is 0 Å². The molecule has 5 heteroatoms. The second kappa shape index (κ2) is 7.26. The van der Waals surface area contributed by atoms with Crippen LogP contribution in [0.4, 0.5) is 0 Å². The minimum Gasteiger partial charge on any atom is -0.449 e. The van der Waals surface area contributed by atoms with E-state index in [-0.39, 0.29) is 11.9 Å². The molecule has 2 aliphatic carbocycles. The number of fused-ring (bicyclic) bond motifs is 2. The fraction of sp³-hybridized carbons (Fsp3) is 0.550. The van der Waals surface area contributed by atoms with Crippen molar-refractivity contribution in [2.45, 2.75) is 51.7 Å². The summed E-state index contributed by atoms with van der Waals surface area (Å²) in [5.41, 5.74) is 0.807. The lowest BCUT2D eigenvalue weighted by atomic mass is 9.84. The molecular weight excluding hydrogens is 316 g/mol. The van der Waals surface area contributed by atoms with Gasteiger partial charge in [-0.3, -0.25) is 4.79 Å². The molecule has 0 aromatic heterocycles. The molecule has 0 radical (unpaired) electrons. The molecule has 0 spiro atoms. The Bertz CT molecular complexity index is 692. The minimum atomic E-state index is -0.843. The number of nitriles is 1. The first-order valence-electron chi connectivity index (χ1n) is 8.99. The van der Waals surface area contributed by atoms with Crippen LogP contribution in [0.3, 0.4) is 0 Å². The highest BCUT2D eigenvalue weighted by Crippen LogP contribution is 2.49. The number of rotatable bonds is 5. The predicted octanol–water partition coefficient (Wildman–Crippen LogP) is 3.04. The standard InChI is InChI=1S/C20H24N2O3/c1-12(18-10-15-5-8-17(18)9-15)22-19(23)13(2)25-20(24)16-6-3-14(11-21)4-7-16/h3-4,6-7,12-13,15,17-18H,5,8-10H2,1-2H3,(H,22,23)/t12-,13+,15+,17+,18-/m1/s1. The number of ether oxygens (including phenoxy) is 1. The van der Waals surface area contributed by atoms with Crippen molar-refractivity contribution in [2.75, 3.05) is 0 Å². The lowest BCUT2D eigenvalue weighted by Gasteiger charge is -2.29. The molecule has 1 aromatic rings. The summed E-state index contributed by atoms with van der Waals surface area (Å²) in [4.78, 5) is 24.5. The Morgan fingerprint density at radius 3 is 2.48 bits per heavy atom. The van der Waals surface area contributed by atoms with Crippen LogP contribution in [0.25, 0.3) is 0 Å². The van der Waals surface area contributed by atoms with Gasteiger partial charge in [0.25, 0.3) is 5.91 Å². The normalized spacial score (nSPS) is 26.5. The average Bonchev–Trinajstić information content (AvgIpc) is 3.25. The molecule has 0 aliphatic heterocycles. The van der Waals surface area contributed by atoms with Gasteiger partial charge in [0, 0.05) is 6.04 Å². The molecule has 0 heterocycles. The van der Waals surface area contributed by atoms with Gasteiger partial charge in [-0.15, -0.1) is 0 Å². The number of nitrogens with zero attached hydrogens (tertiary/aromatic N) is 1. The van der Waals surface area contributed by atoms with E-state index in [1.54, 1.807) is 19.1 Å². The maximum absolute atomic E-state index is 12.4. The molecule has 1 N–H and O–H groups in total. The molecule has 2 fully saturated rings. The number of carbonyl (C=O) groups excluding carboxylic acids is 2. The van der Waals surface area contributed by atoms with E-state index in [2.05, 4.69) is 12.2 Å². The number of hydrogen-bond acceptors (Lipinski definition) is 4. The summed E-state index contributed by atoms with van der Waals surface area (Å²) >= 11 is 0. The highest BCUT2D eigenvalue weighted by molar-refractivity contribution is 5.92. The number of benzene rings is 1. The van der Waals surface area contributed by atoms with Gasteiger partial charge >= 0.3 is 5.97 Å². The average molecular weight is 340 g/mol. The summed E-state index contributed by atoms with van der Waals surface area (Å²) in [6.45, 7) is 3.64. The first-order chi connectivity index (χ1) is 12.0. The topological polar surface area (TPSA) is 79.2 Å². The highest BCUT2D eigenvalue weighted by atomic mass is 16.5. The van der Waals surface area contributed by atoms with E-state index in [0.717, 1.165) is 11.8 Å². The van der Waals surface area contributed by atoms with Crippen LogP contribution in [-0.4, -0.2) is 24.0 Å². The van der Waals surface area contributed by atoms with Gasteiger partial charge in [-0.25, -0.2) is 4.79 Å². The van der Waals surface area contributed by atoms with Crippen LogP contribution in [0.2, 0.25) is 0 Å². The van der Waals surface area contributed by atoms with Crippen molar-refractivity contribution < 1.29 is 14.3 Å². The Morgan fingerprint density at radius 1 is 1.20 bits per heavy atom. The van der Waals surface area contributed by atoms with E-state index in [9.17, 15) is 9.59 Å². The molecule has 3 rings (SSSR count). The van der Waals surface area contributed by atoms with Crippen molar-refractivity contribution in [2.24, 2.45) is 17.8 Å². The number of amides is 1. The second-order valence-corrected chi connectivity index (χ2v) is 7.37. The van der Waals surface area contributed by atoms with Crippen LogP contribution in [0.1, 0.15) is 55.5 Å². The number of hydrogen-bond donors (Lipinski definition) is 1. The van der Waals surface area contributed by atoms with E-state index in [1.165, 1.54) is 37.8 Å². The van der Waals surface area contributed by atoms with E-state index in [0.29, 0.717) is 17.0 Å². The van der Waals surface area contributed by atoms with Gasteiger partial charge in [-0.05, 0) is 75.1 Å². The molecule has 5 nitrogen and oxygen atoms in total. The number of esters is 1. The fourth-order valence-corrected chi connectivity index (χ4v) is 4.32. The van der Waals surface area contributed by atoms with Gasteiger partial charge in [0.05, 0.1) is 17.2 Å². The van der Waals surface area contributed by atoms with Crippen molar-refractivity contribution >= 4 is 11.9 Å². The van der Waals surface area contributed by atoms with Gasteiger partial charge in [-0.1, -0.05) is 6.42 Å². The van der Waals surface area contributed by atoms with Crippen molar-refractivity contribution in [3.63, 3.8) is 0 Å². The minimum absolute atomic E-state index is 0.110. The zero-order chi connectivity index (χ0) is 18.0. The summed E-state index contributed by atoms with van der Waals surface area (Å²) in [7, 11) is 0. The van der Waals surface area contributed by atoms with Crippen LogP contribution in [0.15, 0.2) is 24.3 Å². The quantitative estimate of drug-likeness (QED) is 0.836. The van der Waals surface area contributed by atoms with Gasteiger partial charge < -0.3 is 10.1 Å². The monoisotopic (exact) mass is 340 g/mol. The van der Waals surface area contributed by atoms with E-state index < -0.39 is 12.1 Å². The maximum atomic E-state index is 12.4. The fourth-order valence-electron chi connectivity index (χ4n) is 4.32.